The van der Waals surface area contributed by atoms with Crippen LogP contribution in [0.2, 0.25) is 0 Å². The van der Waals surface area contributed by atoms with Gasteiger partial charge in [0.05, 0.1) is 18.3 Å². The van der Waals surface area contributed by atoms with E-state index >= 15 is 0 Å². The number of hydrogen-bond donors (Lipinski definition) is 1. The van der Waals surface area contributed by atoms with E-state index in [4.69, 9.17) is 10.00 Å². The molecule has 98 valence electrons. The standard InChI is InChI=1S/C14H20N2OS/c15-9-12-8-14(18-11-12)10-16-6-7-17-13-4-2-1-3-5-13/h8,11,13,16H,1-7,10H2. The predicted molar refractivity (Wildman–Crippen MR) is 73.6 cm³/mol. The van der Waals surface area contributed by atoms with Gasteiger partial charge in [-0.1, -0.05) is 19.3 Å². The normalized spacial score (nSPS) is 16.6. The van der Waals surface area contributed by atoms with Crippen LogP contribution in [0.3, 0.4) is 0 Å². The molecule has 0 aromatic carbocycles. The molecule has 1 aromatic heterocycles. The van der Waals surface area contributed by atoms with Crippen molar-refractivity contribution in [3.05, 3.63) is 21.9 Å². The Labute approximate surface area is 113 Å². The second-order valence-electron chi connectivity index (χ2n) is 4.72. The van der Waals surface area contributed by atoms with Crippen LogP contribution < -0.4 is 5.32 Å². The summed E-state index contributed by atoms with van der Waals surface area (Å²) < 4.78 is 5.84. The zero-order chi connectivity index (χ0) is 12.6. The maximum absolute atomic E-state index is 8.72. The third kappa shape index (κ3) is 4.41. The first-order valence-electron chi connectivity index (χ1n) is 6.68. The van der Waals surface area contributed by atoms with Gasteiger partial charge in [-0.2, -0.15) is 5.26 Å². The molecule has 0 unspecified atom stereocenters. The molecular weight excluding hydrogens is 244 g/mol. The summed E-state index contributed by atoms with van der Waals surface area (Å²) in [6, 6.07) is 4.09. The molecule has 3 nitrogen and oxygen atoms in total. The molecule has 1 heterocycles. The number of ether oxygens (including phenoxy) is 1. The molecule has 1 saturated carbocycles. The Bertz CT molecular complexity index is 391. The summed E-state index contributed by atoms with van der Waals surface area (Å²) >= 11 is 1.63. The highest BCUT2D eigenvalue weighted by molar-refractivity contribution is 7.10. The molecule has 1 aliphatic rings. The lowest BCUT2D eigenvalue weighted by Crippen LogP contribution is -2.24. The van der Waals surface area contributed by atoms with E-state index in [-0.39, 0.29) is 0 Å². The van der Waals surface area contributed by atoms with Gasteiger partial charge in [-0.15, -0.1) is 11.3 Å². The van der Waals surface area contributed by atoms with Gasteiger partial charge in [0.25, 0.3) is 0 Å². The Balaban J connectivity index is 1.54. The Hall–Kier alpha value is -0.890. The molecule has 0 atom stereocenters. The van der Waals surface area contributed by atoms with Crippen LogP contribution >= 0.6 is 11.3 Å². The minimum Gasteiger partial charge on any atom is -0.377 e. The van der Waals surface area contributed by atoms with Crippen molar-refractivity contribution < 1.29 is 4.74 Å². The van der Waals surface area contributed by atoms with Gasteiger partial charge in [0, 0.05) is 23.3 Å². The summed E-state index contributed by atoms with van der Waals surface area (Å²) in [5.74, 6) is 0. The van der Waals surface area contributed by atoms with E-state index < -0.39 is 0 Å². The van der Waals surface area contributed by atoms with Gasteiger partial charge in [-0.3, -0.25) is 0 Å². The van der Waals surface area contributed by atoms with Crippen LogP contribution in [-0.4, -0.2) is 19.3 Å². The molecule has 4 heteroatoms. The van der Waals surface area contributed by atoms with E-state index in [1.54, 1.807) is 11.3 Å². The summed E-state index contributed by atoms with van der Waals surface area (Å²) in [4.78, 5) is 1.21. The zero-order valence-corrected chi connectivity index (χ0v) is 11.5. The number of rotatable bonds is 6. The Morgan fingerprint density at radius 3 is 2.94 bits per heavy atom. The Morgan fingerprint density at radius 1 is 1.39 bits per heavy atom. The Morgan fingerprint density at radius 2 is 2.22 bits per heavy atom. The van der Waals surface area contributed by atoms with Crippen LogP contribution in [0.5, 0.6) is 0 Å². The SMILES string of the molecule is N#Cc1csc(CNCCOC2CCCCC2)c1. The van der Waals surface area contributed by atoms with E-state index in [0.29, 0.717) is 6.10 Å². The molecule has 0 saturated heterocycles. The van der Waals surface area contributed by atoms with Crippen molar-refractivity contribution in [1.82, 2.24) is 5.32 Å². The van der Waals surface area contributed by atoms with Crippen molar-refractivity contribution in [1.29, 1.82) is 5.26 Å². The van der Waals surface area contributed by atoms with Crippen LogP contribution in [0.4, 0.5) is 0 Å². The van der Waals surface area contributed by atoms with Crippen molar-refractivity contribution in [2.24, 2.45) is 0 Å². The number of hydrogen-bond acceptors (Lipinski definition) is 4. The van der Waals surface area contributed by atoms with Gasteiger partial charge in [-0.05, 0) is 18.9 Å². The molecule has 0 amide bonds. The minimum absolute atomic E-state index is 0.493. The maximum atomic E-state index is 8.72. The van der Waals surface area contributed by atoms with Gasteiger partial charge in [-0.25, -0.2) is 0 Å². The third-order valence-corrected chi connectivity index (χ3v) is 4.20. The first kappa shape index (κ1) is 13.5. The Kier molecular flexibility index (Phi) is 5.66. The van der Waals surface area contributed by atoms with E-state index in [0.717, 1.165) is 25.3 Å². The smallest absolute Gasteiger partial charge is 0.100 e. The highest BCUT2D eigenvalue weighted by Crippen LogP contribution is 2.19. The lowest BCUT2D eigenvalue weighted by Gasteiger charge is -2.21. The van der Waals surface area contributed by atoms with Gasteiger partial charge in [0.15, 0.2) is 0 Å². The van der Waals surface area contributed by atoms with Gasteiger partial charge >= 0.3 is 0 Å². The van der Waals surface area contributed by atoms with Gasteiger partial charge < -0.3 is 10.1 Å². The zero-order valence-electron chi connectivity index (χ0n) is 10.7. The molecule has 1 aliphatic carbocycles. The van der Waals surface area contributed by atoms with Gasteiger partial charge in [0.1, 0.15) is 6.07 Å². The molecule has 0 spiro atoms. The maximum Gasteiger partial charge on any atom is 0.100 e. The molecule has 18 heavy (non-hydrogen) atoms. The summed E-state index contributed by atoms with van der Waals surface area (Å²) in [7, 11) is 0. The van der Waals surface area contributed by atoms with Crippen molar-refractivity contribution in [3.63, 3.8) is 0 Å². The second-order valence-corrected chi connectivity index (χ2v) is 5.72. The highest BCUT2D eigenvalue weighted by Gasteiger charge is 2.12. The molecule has 1 N–H and O–H groups in total. The van der Waals surface area contributed by atoms with Crippen LogP contribution in [0.15, 0.2) is 11.4 Å². The number of nitriles is 1. The molecule has 2 rings (SSSR count). The quantitative estimate of drug-likeness (QED) is 0.803. The number of nitrogens with one attached hydrogen (secondary N) is 1. The lowest BCUT2D eigenvalue weighted by molar-refractivity contribution is 0.0302. The van der Waals surface area contributed by atoms with Crippen LogP contribution in [0.1, 0.15) is 42.5 Å². The molecule has 0 aliphatic heterocycles. The third-order valence-electron chi connectivity index (χ3n) is 3.27. The van der Waals surface area contributed by atoms with Crippen LogP contribution in [0, 0.1) is 11.3 Å². The predicted octanol–water partition coefficient (Wildman–Crippen LogP) is 3.06. The van der Waals surface area contributed by atoms with Crippen molar-refractivity contribution in [2.75, 3.05) is 13.2 Å². The van der Waals surface area contributed by atoms with E-state index in [9.17, 15) is 0 Å². The monoisotopic (exact) mass is 264 g/mol. The highest BCUT2D eigenvalue weighted by atomic mass is 32.1. The molecule has 0 bridgehead atoms. The van der Waals surface area contributed by atoms with Crippen LogP contribution in [-0.2, 0) is 11.3 Å². The van der Waals surface area contributed by atoms with Gasteiger partial charge in [0.2, 0.25) is 0 Å². The van der Waals surface area contributed by atoms with Crippen molar-refractivity contribution in [3.8, 4) is 6.07 Å². The average molecular weight is 264 g/mol. The summed E-state index contributed by atoms with van der Waals surface area (Å²) in [6.45, 7) is 2.51. The minimum atomic E-state index is 0.493. The molecule has 1 fully saturated rings. The number of thiophene rings is 1. The van der Waals surface area contributed by atoms with Crippen molar-refractivity contribution in [2.45, 2.75) is 44.8 Å². The molecule has 1 aromatic rings. The fraction of sp³-hybridized carbons (Fsp3) is 0.643. The average Bonchev–Trinajstić information content (AvgIpc) is 2.87. The number of nitrogens with zero attached hydrogens (tertiary/aromatic N) is 1. The summed E-state index contributed by atoms with van der Waals surface area (Å²) in [6.07, 6.45) is 6.98. The first-order valence-corrected chi connectivity index (χ1v) is 7.56. The first-order chi connectivity index (χ1) is 8.88. The molecular formula is C14H20N2OS. The fourth-order valence-electron chi connectivity index (χ4n) is 2.27. The van der Waals surface area contributed by atoms with E-state index in [2.05, 4.69) is 11.4 Å². The molecule has 0 radical (unpaired) electrons. The van der Waals surface area contributed by atoms with E-state index in [1.807, 2.05) is 11.4 Å². The summed E-state index contributed by atoms with van der Waals surface area (Å²) in [5.41, 5.74) is 0.759. The van der Waals surface area contributed by atoms with E-state index in [1.165, 1.54) is 37.0 Å². The second kappa shape index (κ2) is 7.52. The van der Waals surface area contributed by atoms with Crippen LogP contribution in [0.25, 0.3) is 0 Å². The summed E-state index contributed by atoms with van der Waals surface area (Å²) in [5, 5.41) is 14.0. The topological polar surface area (TPSA) is 45.0 Å². The lowest BCUT2D eigenvalue weighted by atomic mass is 9.98. The van der Waals surface area contributed by atoms with Crippen molar-refractivity contribution >= 4 is 11.3 Å². The largest absolute Gasteiger partial charge is 0.377 e. The fourth-order valence-corrected chi connectivity index (χ4v) is 3.05.